The predicted molar refractivity (Wildman–Crippen MR) is 113 cm³/mol. The van der Waals surface area contributed by atoms with Crippen molar-refractivity contribution in [3.63, 3.8) is 0 Å². The van der Waals surface area contributed by atoms with E-state index in [9.17, 15) is 18.4 Å². The molecule has 0 aliphatic carbocycles. The number of benzene rings is 2. The molecule has 2 aromatic rings. The van der Waals surface area contributed by atoms with Gasteiger partial charge >= 0.3 is 0 Å². The summed E-state index contributed by atoms with van der Waals surface area (Å²) in [7, 11) is 1.69. The zero-order chi connectivity index (χ0) is 22.2. The Hall–Kier alpha value is -3.00. The number of likely N-dealkylation sites (N-methyl/N-ethyl adjacent to an activating group) is 1. The van der Waals surface area contributed by atoms with Crippen LogP contribution in [-0.4, -0.2) is 79.4 Å². The molecular formula is C23H27F2N3O3. The Labute approximate surface area is 181 Å². The molecule has 0 saturated carbocycles. The number of nitrogens with zero attached hydrogens (tertiary/aromatic N) is 3. The molecule has 31 heavy (non-hydrogen) atoms. The largest absolute Gasteiger partial charge is 0.489 e. The number of carbonyl (C=O) groups is 2. The van der Waals surface area contributed by atoms with Crippen molar-refractivity contribution >= 4 is 11.8 Å². The highest BCUT2D eigenvalue weighted by Gasteiger charge is 2.22. The summed E-state index contributed by atoms with van der Waals surface area (Å²) in [5.41, 5.74) is 0.459. The van der Waals surface area contributed by atoms with E-state index in [1.807, 2.05) is 4.90 Å². The molecule has 2 amide bonds. The van der Waals surface area contributed by atoms with Crippen molar-refractivity contribution in [3.05, 3.63) is 65.7 Å². The lowest BCUT2D eigenvalue weighted by Crippen LogP contribution is -2.41. The third-order valence-corrected chi connectivity index (χ3v) is 5.27. The van der Waals surface area contributed by atoms with E-state index in [1.54, 1.807) is 35.0 Å². The Balaban J connectivity index is 1.43. The first kappa shape index (κ1) is 22.7. The summed E-state index contributed by atoms with van der Waals surface area (Å²) in [6.45, 7) is 3.17. The molecule has 0 atom stereocenters. The second-order valence-corrected chi connectivity index (χ2v) is 7.52. The summed E-state index contributed by atoms with van der Waals surface area (Å²) in [6.07, 6.45) is 0.750. The Bertz CT molecular complexity index is 892. The van der Waals surface area contributed by atoms with Gasteiger partial charge in [0.15, 0.2) is 11.6 Å². The smallest absolute Gasteiger partial charge is 0.253 e. The molecule has 0 aromatic heterocycles. The van der Waals surface area contributed by atoms with Gasteiger partial charge in [0.05, 0.1) is 13.1 Å². The van der Waals surface area contributed by atoms with Gasteiger partial charge < -0.3 is 14.5 Å². The number of hydrogen-bond donors (Lipinski definition) is 0. The van der Waals surface area contributed by atoms with Crippen LogP contribution in [0.3, 0.4) is 0 Å². The van der Waals surface area contributed by atoms with Gasteiger partial charge in [0.25, 0.3) is 5.91 Å². The standard InChI is InChI=1S/C23H27F2N3O3/c1-26(15-16-31-21-6-3-2-5-20(21)25)22(29)17-27-11-4-12-28(14-13-27)23(30)18-7-9-19(24)10-8-18/h2-3,5-10H,4,11-17H2,1H3. The number of rotatable bonds is 7. The highest BCUT2D eigenvalue weighted by atomic mass is 19.1. The maximum absolute atomic E-state index is 13.6. The summed E-state index contributed by atoms with van der Waals surface area (Å²) >= 11 is 0. The van der Waals surface area contributed by atoms with Crippen LogP contribution in [0.1, 0.15) is 16.8 Å². The lowest BCUT2D eigenvalue weighted by atomic mass is 10.2. The average molecular weight is 431 g/mol. The summed E-state index contributed by atoms with van der Waals surface area (Å²) in [5, 5.41) is 0. The molecule has 1 fully saturated rings. The lowest BCUT2D eigenvalue weighted by Gasteiger charge is -2.24. The van der Waals surface area contributed by atoms with Crippen molar-refractivity contribution in [1.82, 2.24) is 14.7 Å². The molecule has 6 nitrogen and oxygen atoms in total. The topological polar surface area (TPSA) is 53.1 Å². The van der Waals surface area contributed by atoms with Crippen molar-refractivity contribution < 1.29 is 23.1 Å². The Morgan fingerprint density at radius 1 is 1.00 bits per heavy atom. The number of para-hydroxylation sites is 1. The number of hydrogen-bond acceptors (Lipinski definition) is 4. The number of amides is 2. The van der Waals surface area contributed by atoms with Crippen LogP contribution in [0.25, 0.3) is 0 Å². The van der Waals surface area contributed by atoms with Crippen LogP contribution >= 0.6 is 0 Å². The maximum atomic E-state index is 13.6. The molecule has 1 aliphatic heterocycles. The van der Waals surface area contributed by atoms with Gasteiger partial charge in [0.2, 0.25) is 5.91 Å². The maximum Gasteiger partial charge on any atom is 0.253 e. The van der Waals surface area contributed by atoms with Crippen LogP contribution in [0.5, 0.6) is 5.75 Å². The van der Waals surface area contributed by atoms with E-state index >= 15 is 0 Å². The molecule has 1 saturated heterocycles. The average Bonchev–Trinajstić information content (AvgIpc) is 3.00. The van der Waals surface area contributed by atoms with Gasteiger partial charge in [-0.05, 0) is 42.8 Å². The van der Waals surface area contributed by atoms with E-state index < -0.39 is 5.82 Å². The molecule has 0 bridgehead atoms. The molecular weight excluding hydrogens is 404 g/mol. The first-order valence-corrected chi connectivity index (χ1v) is 10.3. The molecule has 166 valence electrons. The van der Waals surface area contributed by atoms with Crippen molar-refractivity contribution in [2.24, 2.45) is 0 Å². The molecule has 8 heteroatoms. The minimum atomic E-state index is -0.430. The summed E-state index contributed by atoms with van der Waals surface area (Å²) in [4.78, 5) is 30.5. The van der Waals surface area contributed by atoms with E-state index in [0.29, 0.717) is 38.3 Å². The van der Waals surface area contributed by atoms with Gasteiger partial charge in [-0.1, -0.05) is 12.1 Å². The van der Waals surface area contributed by atoms with E-state index in [0.717, 1.165) is 6.42 Å². The Morgan fingerprint density at radius 3 is 2.48 bits per heavy atom. The van der Waals surface area contributed by atoms with Gasteiger partial charge in [0, 0.05) is 38.8 Å². The number of ether oxygens (including phenoxy) is 1. The van der Waals surface area contributed by atoms with Crippen molar-refractivity contribution in [3.8, 4) is 5.75 Å². The second kappa shape index (κ2) is 10.9. The monoisotopic (exact) mass is 431 g/mol. The second-order valence-electron chi connectivity index (χ2n) is 7.52. The van der Waals surface area contributed by atoms with Crippen LogP contribution in [0.15, 0.2) is 48.5 Å². The fraction of sp³-hybridized carbons (Fsp3) is 0.391. The zero-order valence-electron chi connectivity index (χ0n) is 17.6. The zero-order valence-corrected chi connectivity index (χ0v) is 17.6. The van der Waals surface area contributed by atoms with Crippen LogP contribution < -0.4 is 4.74 Å². The Kier molecular flexibility index (Phi) is 7.94. The molecule has 0 N–H and O–H groups in total. The summed E-state index contributed by atoms with van der Waals surface area (Å²) in [5.74, 6) is -0.825. The van der Waals surface area contributed by atoms with E-state index in [4.69, 9.17) is 4.74 Å². The summed E-state index contributed by atoms with van der Waals surface area (Å²) < 4.78 is 32.1. The predicted octanol–water partition coefficient (Wildman–Crippen LogP) is 2.65. The third kappa shape index (κ3) is 6.49. The first-order valence-electron chi connectivity index (χ1n) is 10.3. The molecule has 0 unspecified atom stereocenters. The first-order chi connectivity index (χ1) is 14.9. The fourth-order valence-corrected chi connectivity index (χ4v) is 3.40. The van der Waals surface area contributed by atoms with Crippen LogP contribution in [0.2, 0.25) is 0 Å². The number of halogens is 2. The van der Waals surface area contributed by atoms with Gasteiger partial charge in [-0.15, -0.1) is 0 Å². The van der Waals surface area contributed by atoms with Crippen LogP contribution in [0, 0.1) is 11.6 Å². The molecule has 1 aliphatic rings. The van der Waals surface area contributed by atoms with Gasteiger partial charge in [-0.25, -0.2) is 8.78 Å². The highest BCUT2D eigenvalue weighted by Crippen LogP contribution is 2.15. The normalized spacial score (nSPS) is 14.7. The minimum absolute atomic E-state index is 0.0598. The van der Waals surface area contributed by atoms with Gasteiger partial charge in [-0.2, -0.15) is 0 Å². The molecule has 1 heterocycles. The summed E-state index contributed by atoms with van der Waals surface area (Å²) in [6, 6.07) is 11.7. The molecule has 3 rings (SSSR count). The van der Waals surface area contributed by atoms with E-state index in [2.05, 4.69) is 0 Å². The molecule has 0 radical (unpaired) electrons. The van der Waals surface area contributed by atoms with Crippen molar-refractivity contribution in [2.45, 2.75) is 6.42 Å². The van der Waals surface area contributed by atoms with E-state index in [1.165, 1.54) is 30.3 Å². The van der Waals surface area contributed by atoms with Crippen molar-refractivity contribution in [2.75, 3.05) is 52.9 Å². The molecule has 2 aromatic carbocycles. The van der Waals surface area contributed by atoms with Gasteiger partial charge in [-0.3, -0.25) is 14.5 Å². The van der Waals surface area contributed by atoms with Crippen LogP contribution in [0.4, 0.5) is 8.78 Å². The third-order valence-electron chi connectivity index (χ3n) is 5.27. The van der Waals surface area contributed by atoms with Crippen LogP contribution in [-0.2, 0) is 4.79 Å². The molecule has 0 spiro atoms. The SMILES string of the molecule is CN(CCOc1ccccc1F)C(=O)CN1CCCN(C(=O)c2ccc(F)cc2)CC1. The minimum Gasteiger partial charge on any atom is -0.489 e. The Morgan fingerprint density at radius 2 is 1.74 bits per heavy atom. The quantitative estimate of drug-likeness (QED) is 0.677. The van der Waals surface area contributed by atoms with Crippen molar-refractivity contribution in [1.29, 1.82) is 0 Å². The fourth-order valence-electron chi connectivity index (χ4n) is 3.40. The van der Waals surface area contributed by atoms with Gasteiger partial charge in [0.1, 0.15) is 12.4 Å². The lowest BCUT2D eigenvalue weighted by molar-refractivity contribution is -0.131. The van der Waals surface area contributed by atoms with E-state index in [-0.39, 0.29) is 36.5 Å². The number of carbonyl (C=O) groups excluding carboxylic acids is 2. The highest BCUT2D eigenvalue weighted by molar-refractivity contribution is 5.94.